The lowest BCUT2D eigenvalue weighted by Crippen LogP contribution is -2.35. The number of nitrogens with two attached hydrogens (primary N) is 1. The second-order valence-corrected chi connectivity index (χ2v) is 8.90. The predicted octanol–water partition coefficient (Wildman–Crippen LogP) is 4.20. The molecule has 2 N–H and O–H groups in total. The van der Waals surface area contributed by atoms with E-state index >= 15 is 0 Å². The van der Waals surface area contributed by atoms with E-state index < -0.39 is 5.60 Å². The lowest BCUT2D eigenvalue weighted by Gasteiger charge is -2.25. The van der Waals surface area contributed by atoms with Crippen molar-refractivity contribution in [1.29, 1.82) is 0 Å². The van der Waals surface area contributed by atoms with Gasteiger partial charge >= 0.3 is 6.09 Å². The molecule has 1 atom stereocenters. The number of amides is 1. The van der Waals surface area contributed by atoms with Crippen LogP contribution in [0.2, 0.25) is 0 Å². The Balaban J connectivity index is 1.95. The number of rotatable bonds is 3. The molecule has 2 rings (SSSR count). The van der Waals surface area contributed by atoms with Crippen molar-refractivity contribution in [2.45, 2.75) is 59.0 Å². The van der Waals surface area contributed by atoms with Gasteiger partial charge < -0.3 is 20.1 Å². The predicted molar refractivity (Wildman–Crippen MR) is 101 cm³/mol. The summed E-state index contributed by atoms with van der Waals surface area (Å²) in [6, 6.07) is 5.83. The molecule has 1 saturated heterocycles. The Morgan fingerprint density at radius 1 is 1.24 bits per heavy atom. The first-order chi connectivity index (χ1) is 11.5. The molecule has 1 aromatic carbocycles. The maximum Gasteiger partial charge on any atom is 0.410 e. The van der Waals surface area contributed by atoms with E-state index in [1.807, 2.05) is 39.0 Å². The van der Waals surface area contributed by atoms with Gasteiger partial charge in [-0.25, -0.2) is 4.79 Å². The summed E-state index contributed by atoms with van der Waals surface area (Å²) >= 11 is 0. The zero-order valence-corrected chi connectivity index (χ0v) is 16.4. The number of ether oxygens (including phenoxy) is 2. The zero-order chi connectivity index (χ0) is 18.8. The fraction of sp³-hybridized carbons (Fsp3) is 0.650. The molecule has 0 bridgehead atoms. The van der Waals surface area contributed by atoms with Gasteiger partial charge in [-0.2, -0.15) is 0 Å². The van der Waals surface area contributed by atoms with E-state index in [9.17, 15) is 4.79 Å². The van der Waals surface area contributed by atoms with Gasteiger partial charge in [0.05, 0.1) is 6.61 Å². The topological polar surface area (TPSA) is 64.8 Å². The van der Waals surface area contributed by atoms with Crippen molar-refractivity contribution >= 4 is 11.8 Å². The molecule has 1 aliphatic rings. The Kier molecular flexibility index (Phi) is 5.55. The number of hydrogen-bond acceptors (Lipinski definition) is 4. The summed E-state index contributed by atoms with van der Waals surface area (Å²) in [5, 5.41) is 0. The third kappa shape index (κ3) is 5.55. The van der Waals surface area contributed by atoms with Crippen LogP contribution >= 0.6 is 0 Å². The number of hydrogen-bond donors (Lipinski definition) is 1. The summed E-state index contributed by atoms with van der Waals surface area (Å²) in [6.07, 6.45) is 0.682. The zero-order valence-electron chi connectivity index (χ0n) is 16.4. The number of nitrogens with zero attached hydrogens (tertiary/aromatic N) is 1. The highest BCUT2D eigenvalue weighted by molar-refractivity contribution is 5.68. The molecule has 1 fully saturated rings. The van der Waals surface area contributed by atoms with Crippen LogP contribution in [0.1, 0.15) is 53.5 Å². The van der Waals surface area contributed by atoms with Crippen LogP contribution in [0.15, 0.2) is 18.2 Å². The number of likely N-dealkylation sites (tertiary alicyclic amines) is 1. The summed E-state index contributed by atoms with van der Waals surface area (Å²) < 4.78 is 11.5. The summed E-state index contributed by atoms with van der Waals surface area (Å²) in [4.78, 5) is 13.9. The molecule has 140 valence electrons. The van der Waals surface area contributed by atoms with E-state index in [1.54, 1.807) is 4.90 Å². The second-order valence-electron chi connectivity index (χ2n) is 8.90. The normalized spacial score (nSPS) is 18.3. The average molecular weight is 348 g/mol. The van der Waals surface area contributed by atoms with Crippen LogP contribution in [0.3, 0.4) is 0 Å². The van der Waals surface area contributed by atoms with Gasteiger partial charge in [-0.3, -0.25) is 0 Å². The van der Waals surface area contributed by atoms with Gasteiger partial charge in [-0.15, -0.1) is 0 Å². The fourth-order valence-electron chi connectivity index (χ4n) is 2.95. The monoisotopic (exact) mass is 348 g/mol. The molecule has 5 heteroatoms. The number of carbonyl (C=O) groups is 1. The van der Waals surface area contributed by atoms with Gasteiger partial charge in [0, 0.05) is 30.8 Å². The molecule has 1 aliphatic heterocycles. The molecule has 0 radical (unpaired) electrons. The first-order valence-corrected chi connectivity index (χ1v) is 8.96. The molecule has 1 aromatic rings. The van der Waals surface area contributed by atoms with Crippen molar-refractivity contribution in [1.82, 2.24) is 4.90 Å². The fourth-order valence-corrected chi connectivity index (χ4v) is 2.95. The van der Waals surface area contributed by atoms with E-state index in [4.69, 9.17) is 15.2 Å². The molecule has 5 nitrogen and oxygen atoms in total. The summed E-state index contributed by atoms with van der Waals surface area (Å²) in [5.74, 6) is 1.14. The van der Waals surface area contributed by atoms with Crippen molar-refractivity contribution in [3.05, 3.63) is 23.8 Å². The van der Waals surface area contributed by atoms with Crippen molar-refractivity contribution in [3.8, 4) is 5.75 Å². The quantitative estimate of drug-likeness (QED) is 0.831. The van der Waals surface area contributed by atoms with Crippen LogP contribution in [0.25, 0.3) is 0 Å². The van der Waals surface area contributed by atoms with E-state index in [-0.39, 0.29) is 11.5 Å². The minimum Gasteiger partial charge on any atom is -0.493 e. The largest absolute Gasteiger partial charge is 0.493 e. The first-order valence-electron chi connectivity index (χ1n) is 8.96. The average Bonchev–Trinajstić information content (AvgIpc) is 2.91. The maximum atomic E-state index is 12.2. The highest BCUT2D eigenvalue weighted by atomic mass is 16.6. The minimum absolute atomic E-state index is 0.0126. The van der Waals surface area contributed by atoms with Crippen LogP contribution in [0, 0.1) is 5.92 Å². The molecule has 0 aromatic heterocycles. The lowest BCUT2D eigenvalue weighted by atomic mass is 9.86. The molecule has 1 unspecified atom stereocenters. The van der Waals surface area contributed by atoms with Crippen molar-refractivity contribution < 1.29 is 14.3 Å². The third-order valence-electron chi connectivity index (χ3n) is 4.23. The Morgan fingerprint density at radius 2 is 1.92 bits per heavy atom. The summed E-state index contributed by atoms with van der Waals surface area (Å²) in [6.45, 7) is 14.1. The van der Waals surface area contributed by atoms with E-state index in [1.165, 1.54) is 0 Å². The van der Waals surface area contributed by atoms with Gasteiger partial charge in [0.15, 0.2) is 0 Å². The minimum atomic E-state index is -0.463. The Bertz CT molecular complexity index is 614. The Hall–Kier alpha value is -1.91. The van der Waals surface area contributed by atoms with Gasteiger partial charge in [0.2, 0.25) is 0 Å². The second kappa shape index (κ2) is 7.14. The van der Waals surface area contributed by atoms with Crippen molar-refractivity contribution in [2.24, 2.45) is 5.92 Å². The highest BCUT2D eigenvalue weighted by Gasteiger charge is 2.30. The number of benzene rings is 1. The first kappa shape index (κ1) is 19.4. The van der Waals surface area contributed by atoms with E-state index in [2.05, 4.69) is 20.8 Å². The van der Waals surface area contributed by atoms with Crippen LogP contribution in [0.5, 0.6) is 5.75 Å². The molecule has 0 saturated carbocycles. The molecular formula is C20H32N2O3. The standard InChI is InChI=1S/C20H32N2O3/c1-19(2,3)16-8-7-15(21)11-17(16)24-13-14-9-10-22(12-14)18(23)25-20(4,5)6/h7-8,11,14H,9-10,12-13,21H2,1-6H3. The van der Waals surface area contributed by atoms with Crippen LogP contribution < -0.4 is 10.5 Å². The summed E-state index contributed by atoms with van der Waals surface area (Å²) in [7, 11) is 0. The van der Waals surface area contributed by atoms with Crippen molar-refractivity contribution in [3.63, 3.8) is 0 Å². The number of carbonyl (C=O) groups excluding carboxylic acids is 1. The SMILES string of the molecule is CC(C)(C)OC(=O)N1CCC(COc2cc(N)ccc2C(C)(C)C)C1. The maximum absolute atomic E-state index is 12.2. The van der Waals surface area contributed by atoms with Crippen molar-refractivity contribution in [2.75, 3.05) is 25.4 Å². The smallest absolute Gasteiger partial charge is 0.410 e. The van der Waals surface area contributed by atoms with E-state index in [0.29, 0.717) is 31.3 Å². The van der Waals surface area contributed by atoms with E-state index in [0.717, 1.165) is 17.7 Å². The van der Waals surface area contributed by atoms with Crippen LogP contribution in [0.4, 0.5) is 10.5 Å². The molecule has 0 spiro atoms. The molecule has 1 amide bonds. The third-order valence-corrected chi connectivity index (χ3v) is 4.23. The van der Waals surface area contributed by atoms with Crippen LogP contribution in [-0.4, -0.2) is 36.3 Å². The van der Waals surface area contributed by atoms with Gasteiger partial charge in [0.1, 0.15) is 11.4 Å². The van der Waals surface area contributed by atoms with Gasteiger partial charge in [-0.05, 0) is 44.2 Å². The Morgan fingerprint density at radius 3 is 2.52 bits per heavy atom. The van der Waals surface area contributed by atoms with Crippen LogP contribution in [-0.2, 0) is 10.2 Å². The van der Waals surface area contributed by atoms with Gasteiger partial charge in [-0.1, -0.05) is 26.8 Å². The number of anilines is 1. The lowest BCUT2D eigenvalue weighted by molar-refractivity contribution is 0.0285. The van der Waals surface area contributed by atoms with Gasteiger partial charge in [0.25, 0.3) is 0 Å². The highest BCUT2D eigenvalue weighted by Crippen LogP contribution is 2.33. The molecule has 25 heavy (non-hydrogen) atoms. The number of nitrogen functional groups attached to an aromatic ring is 1. The molecule has 1 heterocycles. The molecule has 0 aliphatic carbocycles. The summed E-state index contributed by atoms with van der Waals surface area (Å²) in [5.41, 5.74) is 7.29. The molecular weight excluding hydrogens is 316 g/mol. The Labute approximate surface area is 151 Å².